The fraction of sp³-hybridized carbons (Fsp3) is 0.400. The summed E-state index contributed by atoms with van der Waals surface area (Å²) in [6, 6.07) is 5.19. The summed E-state index contributed by atoms with van der Waals surface area (Å²) >= 11 is 0. The average Bonchev–Trinajstić information content (AvgIpc) is 2.15. The lowest BCUT2D eigenvalue weighted by Crippen LogP contribution is -2.36. The highest BCUT2D eigenvalue weighted by Gasteiger charge is 2.21. The maximum Gasteiger partial charge on any atom is 0.269 e. The van der Waals surface area contributed by atoms with Crippen molar-refractivity contribution >= 4 is 21.4 Å². The zero-order valence-corrected chi connectivity index (χ0v) is 10.6. The molecule has 0 N–H and O–H groups in total. The number of hydrogen-bond donors (Lipinski definition) is 0. The van der Waals surface area contributed by atoms with Gasteiger partial charge in [0.15, 0.2) is 0 Å². The first-order valence-corrected chi connectivity index (χ1v) is 6.82. The first kappa shape index (κ1) is 13.4. The molecule has 0 aliphatic rings. The van der Waals surface area contributed by atoms with E-state index in [2.05, 4.69) is 0 Å². The van der Waals surface area contributed by atoms with Crippen LogP contribution in [0.4, 0.5) is 11.4 Å². The molecule has 0 radical (unpaired) electrons. The minimum atomic E-state index is -3.39. The molecule has 0 atom stereocenters. The summed E-state index contributed by atoms with van der Waals surface area (Å²) in [5, 5.41) is 10.5. The van der Waals surface area contributed by atoms with E-state index in [1.807, 2.05) is 0 Å². The van der Waals surface area contributed by atoms with E-state index >= 15 is 0 Å². The Morgan fingerprint density at radius 1 is 1.24 bits per heavy atom. The zero-order valence-electron chi connectivity index (χ0n) is 9.82. The fourth-order valence-corrected chi connectivity index (χ4v) is 2.86. The maximum atomic E-state index is 11.6. The molecule has 6 nitrogen and oxygen atoms in total. The highest BCUT2D eigenvalue weighted by molar-refractivity contribution is 7.92. The Labute approximate surface area is 100 Å². The molecule has 17 heavy (non-hydrogen) atoms. The van der Waals surface area contributed by atoms with E-state index in [1.54, 1.807) is 13.8 Å². The van der Waals surface area contributed by atoms with Crippen molar-refractivity contribution in [2.45, 2.75) is 19.9 Å². The molecule has 0 amide bonds. The molecule has 1 aromatic carbocycles. The van der Waals surface area contributed by atoms with E-state index in [0.717, 1.165) is 6.26 Å². The number of rotatable bonds is 4. The second-order valence-electron chi connectivity index (χ2n) is 3.93. The molecule has 0 aliphatic carbocycles. The van der Waals surface area contributed by atoms with Crippen LogP contribution in [0.1, 0.15) is 13.8 Å². The molecule has 0 aromatic heterocycles. The van der Waals surface area contributed by atoms with E-state index in [0.29, 0.717) is 5.69 Å². The molecule has 94 valence electrons. The second-order valence-corrected chi connectivity index (χ2v) is 5.79. The third-order valence-electron chi connectivity index (χ3n) is 2.14. The lowest BCUT2D eigenvalue weighted by molar-refractivity contribution is -0.384. The smallest absolute Gasteiger partial charge is 0.268 e. The van der Waals surface area contributed by atoms with Crippen LogP contribution in [0, 0.1) is 10.1 Å². The quantitative estimate of drug-likeness (QED) is 0.609. The van der Waals surface area contributed by atoms with Gasteiger partial charge in [-0.2, -0.15) is 0 Å². The Kier molecular flexibility index (Phi) is 3.72. The molecular formula is C10H14N2O4S. The number of nitrogens with zero attached hydrogens (tertiary/aromatic N) is 2. The van der Waals surface area contributed by atoms with Gasteiger partial charge in [-0.25, -0.2) is 8.42 Å². The van der Waals surface area contributed by atoms with E-state index in [4.69, 9.17) is 0 Å². The Morgan fingerprint density at radius 3 is 2.00 bits per heavy atom. The van der Waals surface area contributed by atoms with Gasteiger partial charge in [0.1, 0.15) is 0 Å². The Bertz CT molecular complexity index is 508. The van der Waals surface area contributed by atoms with Crippen molar-refractivity contribution in [3.05, 3.63) is 34.4 Å². The third-order valence-corrected chi connectivity index (χ3v) is 3.49. The van der Waals surface area contributed by atoms with Gasteiger partial charge >= 0.3 is 0 Å². The number of nitro groups is 1. The normalized spacial score (nSPS) is 11.5. The zero-order chi connectivity index (χ0) is 13.2. The van der Waals surface area contributed by atoms with Gasteiger partial charge in [-0.3, -0.25) is 14.4 Å². The molecular weight excluding hydrogens is 244 g/mol. The predicted molar refractivity (Wildman–Crippen MR) is 65.6 cm³/mol. The highest BCUT2D eigenvalue weighted by atomic mass is 32.2. The Morgan fingerprint density at radius 2 is 1.71 bits per heavy atom. The molecule has 0 saturated carbocycles. The van der Waals surface area contributed by atoms with Gasteiger partial charge in [0.25, 0.3) is 5.69 Å². The van der Waals surface area contributed by atoms with Gasteiger partial charge in [-0.1, -0.05) is 0 Å². The van der Waals surface area contributed by atoms with Crippen LogP contribution in [0.15, 0.2) is 24.3 Å². The molecule has 1 rings (SSSR count). The van der Waals surface area contributed by atoms with E-state index < -0.39 is 14.9 Å². The molecule has 0 bridgehead atoms. The lowest BCUT2D eigenvalue weighted by Gasteiger charge is -2.26. The van der Waals surface area contributed by atoms with E-state index in [-0.39, 0.29) is 11.7 Å². The molecule has 0 saturated heterocycles. The van der Waals surface area contributed by atoms with Crippen LogP contribution in [-0.2, 0) is 10.0 Å². The molecule has 0 unspecified atom stereocenters. The van der Waals surface area contributed by atoms with Crippen molar-refractivity contribution in [1.82, 2.24) is 0 Å². The molecule has 0 heterocycles. The molecule has 0 fully saturated rings. The minimum absolute atomic E-state index is 0.0639. The third kappa shape index (κ3) is 3.16. The van der Waals surface area contributed by atoms with Gasteiger partial charge in [-0.15, -0.1) is 0 Å². The van der Waals surface area contributed by atoms with E-state index in [9.17, 15) is 18.5 Å². The molecule has 0 aliphatic heterocycles. The summed E-state index contributed by atoms with van der Waals surface area (Å²) in [4.78, 5) is 9.96. The van der Waals surface area contributed by atoms with E-state index in [1.165, 1.54) is 28.6 Å². The van der Waals surface area contributed by atoms with Crippen molar-refractivity contribution in [3.8, 4) is 0 Å². The number of anilines is 1. The average molecular weight is 258 g/mol. The van der Waals surface area contributed by atoms with Gasteiger partial charge in [0.2, 0.25) is 10.0 Å². The molecule has 0 spiro atoms. The standard InChI is InChI=1S/C10H14N2O4S/c1-8(2)11(17(3,15)16)9-4-6-10(7-5-9)12(13)14/h4-8H,1-3H3. The SMILES string of the molecule is CC(C)N(c1ccc([N+](=O)[O-])cc1)S(C)(=O)=O. The van der Waals surface area contributed by atoms with Crippen molar-refractivity contribution in [2.75, 3.05) is 10.6 Å². The van der Waals surface area contributed by atoms with Gasteiger partial charge in [0.05, 0.1) is 16.9 Å². The van der Waals surface area contributed by atoms with Crippen LogP contribution in [0.5, 0.6) is 0 Å². The van der Waals surface area contributed by atoms with Gasteiger partial charge < -0.3 is 0 Å². The summed E-state index contributed by atoms with van der Waals surface area (Å²) in [5.74, 6) is 0. The van der Waals surface area contributed by atoms with Gasteiger partial charge in [-0.05, 0) is 26.0 Å². The van der Waals surface area contributed by atoms with Crippen LogP contribution >= 0.6 is 0 Å². The molecule has 7 heteroatoms. The topological polar surface area (TPSA) is 80.5 Å². The largest absolute Gasteiger partial charge is 0.269 e. The first-order chi connectivity index (χ1) is 7.73. The summed E-state index contributed by atoms with van der Waals surface area (Å²) in [6.45, 7) is 3.48. The number of non-ortho nitro benzene ring substituents is 1. The Hall–Kier alpha value is -1.63. The summed E-state index contributed by atoms with van der Waals surface area (Å²) in [7, 11) is -3.39. The number of nitro benzene ring substituents is 1. The lowest BCUT2D eigenvalue weighted by atomic mass is 10.2. The van der Waals surface area contributed by atoms with Crippen molar-refractivity contribution in [2.24, 2.45) is 0 Å². The summed E-state index contributed by atoms with van der Waals surface area (Å²) in [6.07, 6.45) is 1.11. The van der Waals surface area contributed by atoms with Gasteiger partial charge in [0, 0.05) is 18.2 Å². The minimum Gasteiger partial charge on any atom is -0.268 e. The molecule has 1 aromatic rings. The fourth-order valence-electron chi connectivity index (χ4n) is 1.59. The summed E-state index contributed by atoms with van der Waals surface area (Å²) < 4.78 is 24.4. The van der Waals surface area contributed by atoms with Crippen LogP contribution < -0.4 is 4.31 Å². The Balaban J connectivity index is 3.18. The van der Waals surface area contributed by atoms with Crippen LogP contribution in [0.25, 0.3) is 0 Å². The number of hydrogen-bond acceptors (Lipinski definition) is 4. The monoisotopic (exact) mass is 258 g/mol. The van der Waals surface area contributed by atoms with Crippen molar-refractivity contribution in [1.29, 1.82) is 0 Å². The van der Waals surface area contributed by atoms with Crippen LogP contribution in [-0.4, -0.2) is 25.6 Å². The maximum absolute atomic E-state index is 11.6. The summed E-state index contributed by atoms with van der Waals surface area (Å²) in [5.41, 5.74) is 0.360. The number of sulfonamides is 1. The predicted octanol–water partition coefficient (Wildman–Crippen LogP) is 1.77. The highest BCUT2D eigenvalue weighted by Crippen LogP contribution is 2.23. The number of benzene rings is 1. The van der Waals surface area contributed by atoms with Crippen molar-refractivity contribution in [3.63, 3.8) is 0 Å². The second kappa shape index (κ2) is 4.70. The van der Waals surface area contributed by atoms with Crippen molar-refractivity contribution < 1.29 is 13.3 Å². The van der Waals surface area contributed by atoms with Crippen LogP contribution in [0.2, 0.25) is 0 Å². The van der Waals surface area contributed by atoms with Crippen LogP contribution in [0.3, 0.4) is 0 Å². The first-order valence-electron chi connectivity index (χ1n) is 4.97.